The molecule has 1 saturated carbocycles. The second kappa shape index (κ2) is 7.08. The average molecular weight is 348 g/mol. The van der Waals surface area contributed by atoms with Crippen LogP contribution in [0.15, 0.2) is 18.2 Å². The highest BCUT2D eigenvalue weighted by Crippen LogP contribution is 2.38. The van der Waals surface area contributed by atoms with Gasteiger partial charge in [-0.25, -0.2) is 4.39 Å². The maximum Gasteiger partial charge on any atom is 0.124 e. The lowest BCUT2D eigenvalue weighted by Crippen LogP contribution is -2.26. The zero-order valence-electron chi connectivity index (χ0n) is 11.3. The molecule has 0 aromatic heterocycles. The minimum absolute atomic E-state index is 0.253. The summed E-state index contributed by atoms with van der Waals surface area (Å²) in [6, 6.07) is 4.77. The molecular weight excluding hydrogens is 327 g/mol. The smallest absolute Gasteiger partial charge is 0.124 e. The topological polar surface area (TPSA) is 0 Å². The molecule has 3 atom stereocenters. The lowest BCUT2D eigenvalue weighted by molar-refractivity contribution is 0.263. The minimum Gasteiger partial charge on any atom is -0.207 e. The van der Waals surface area contributed by atoms with Crippen LogP contribution in [0.1, 0.15) is 44.6 Å². The third-order valence-electron chi connectivity index (χ3n) is 4.19. The molecule has 0 bridgehead atoms. The van der Waals surface area contributed by atoms with E-state index in [4.69, 9.17) is 11.6 Å². The fraction of sp³-hybridized carbons (Fsp3) is 0.625. The van der Waals surface area contributed by atoms with Gasteiger partial charge in [-0.2, -0.15) is 0 Å². The molecule has 19 heavy (non-hydrogen) atoms. The van der Waals surface area contributed by atoms with Gasteiger partial charge < -0.3 is 0 Å². The van der Waals surface area contributed by atoms with Crippen LogP contribution in [-0.2, 0) is 6.42 Å². The van der Waals surface area contributed by atoms with Crippen molar-refractivity contribution in [1.82, 2.24) is 0 Å². The normalized spacial score (nSPS) is 27.5. The van der Waals surface area contributed by atoms with Crippen molar-refractivity contribution in [1.29, 1.82) is 0 Å². The Morgan fingerprint density at radius 2 is 2.16 bits per heavy atom. The molecule has 0 nitrogen and oxygen atoms in total. The molecule has 0 saturated heterocycles. The van der Waals surface area contributed by atoms with Gasteiger partial charge in [0.25, 0.3) is 0 Å². The first-order valence-corrected chi connectivity index (χ1v) is 8.47. The highest BCUT2D eigenvalue weighted by atomic mass is 79.9. The van der Waals surface area contributed by atoms with E-state index in [2.05, 4.69) is 22.9 Å². The van der Waals surface area contributed by atoms with Gasteiger partial charge in [-0.05, 0) is 55.2 Å². The standard InChI is InChI=1S/C16H21BrClF/c1-2-3-11-4-7-15(17)13(8-11)9-12-5-6-14(19)10-16(12)18/h5-6,10-11,13,15H,2-4,7-9H2,1H3. The Morgan fingerprint density at radius 1 is 1.37 bits per heavy atom. The lowest BCUT2D eigenvalue weighted by Gasteiger charge is -2.33. The molecule has 1 aromatic rings. The Hall–Kier alpha value is -0.0800. The first-order valence-electron chi connectivity index (χ1n) is 7.18. The summed E-state index contributed by atoms with van der Waals surface area (Å²) in [6.07, 6.45) is 7.38. The van der Waals surface area contributed by atoms with Crippen molar-refractivity contribution in [2.24, 2.45) is 11.8 Å². The van der Waals surface area contributed by atoms with E-state index in [1.54, 1.807) is 0 Å². The van der Waals surface area contributed by atoms with Crippen LogP contribution < -0.4 is 0 Å². The van der Waals surface area contributed by atoms with Gasteiger partial charge in [-0.1, -0.05) is 53.4 Å². The van der Waals surface area contributed by atoms with Gasteiger partial charge in [0.05, 0.1) is 0 Å². The molecule has 0 radical (unpaired) electrons. The molecule has 0 amide bonds. The largest absolute Gasteiger partial charge is 0.207 e. The molecule has 3 heteroatoms. The van der Waals surface area contributed by atoms with Crippen LogP contribution in [0, 0.1) is 17.7 Å². The predicted molar refractivity (Wildman–Crippen MR) is 83.6 cm³/mol. The van der Waals surface area contributed by atoms with E-state index in [1.807, 2.05) is 6.07 Å². The average Bonchev–Trinajstić information content (AvgIpc) is 2.37. The summed E-state index contributed by atoms with van der Waals surface area (Å²) in [5.74, 6) is 1.22. The molecule has 106 valence electrons. The third-order valence-corrected chi connectivity index (χ3v) is 5.75. The number of rotatable bonds is 4. The van der Waals surface area contributed by atoms with E-state index >= 15 is 0 Å². The van der Waals surface area contributed by atoms with E-state index in [1.165, 1.54) is 44.2 Å². The first kappa shape index (κ1) is 15.3. The number of hydrogen-bond donors (Lipinski definition) is 0. The van der Waals surface area contributed by atoms with Crippen molar-refractivity contribution < 1.29 is 4.39 Å². The molecule has 1 aliphatic carbocycles. The second-order valence-electron chi connectivity index (χ2n) is 5.68. The second-order valence-corrected chi connectivity index (χ2v) is 7.27. The summed E-state index contributed by atoms with van der Waals surface area (Å²) in [7, 11) is 0. The number of halogens is 3. The Morgan fingerprint density at radius 3 is 2.84 bits per heavy atom. The van der Waals surface area contributed by atoms with Crippen molar-refractivity contribution in [3.63, 3.8) is 0 Å². The summed E-state index contributed by atoms with van der Waals surface area (Å²) in [4.78, 5) is 0.571. The highest BCUT2D eigenvalue weighted by Gasteiger charge is 2.28. The fourth-order valence-corrected chi connectivity index (χ4v) is 4.09. The molecule has 1 aromatic carbocycles. The quantitative estimate of drug-likeness (QED) is 0.586. The summed E-state index contributed by atoms with van der Waals surface area (Å²) >= 11 is 9.95. The fourth-order valence-electron chi connectivity index (χ4n) is 3.18. The van der Waals surface area contributed by atoms with Crippen LogP contribution in [0.25, 0.3) is 0 Å². The zero-order valence-corrected chi connectivity index (χ0v) is 13.7. The molecule has 3 unspecified atom stereocenters. The van der Waals surface area contributed by atoms with Crippen molar-refractivity contribution in [2.75, 3.05) is 0 Å². The molecule has 1 fully saturated rings. The van der Waals surface area contributed by atoms with Gasteiger partial charge in [-0.15, -0.1) is 0 Å². The van der Waals surface area contributed by atoms with Crippen LogP contribution in [0.4, 0.5) is 4.39 Å². The van der Waals surface area contributed by atoms with Crippen LogP contribution in [-0.4, -0.2) is 4.83 Å². The van der Waals surface area contributed by atoms with Gasteiger partial charge in [0.1, 0.15) is 5.82 Å². The van der Waals surface area contributed by atoms with Crippen LogP contribution >= 0.6 is 27.5 Å². The van der Waals surface area contributed by atoms with Gasteiger partial charge in [0.15, 0.2) is 0 Å². The van der Waals surface area contributed by atoms with Crippen LogP contribution in [0.5, 0.6) is 0 Å². The molecule has 0 N–H and O–H groups in total. The zero-order chi connectivity index (χ0) is 13.8. The van der Waals surface area contributed by atoms with Crippen molar-refractivity contribution >= 4 is 27.5 Å². The summed E-state index contributed by atoms with van der Waals surface area (Å²) in [6.45, 7) is 2.26. The molecule has 0 aliphatic heterocycles. The molecule has 2 rings (SSSR count). The van der Waals surface area contributed by atoms with Gasteiger partial charge in [0.2, 0.25) is 0 Å². The van der Waals surface area contributed by atoms with Crippen molar-refractivity contribution in [2.45, 2.75) is 50.3 Å². The molecular formula is C16H21BrClF. The van der Waals surface area contributed by atoms with Crippen LogP contribution in [0.3, 0.4) is 0 Å². The van der Waals surface area contributed by atoms with Gasteiger partial charge in [0, 0.05) is 9.85 Å². The van der Waals surface area contributed by atoms with E-state index in [9.17, 15) is 4.39 Å². The maximum atomic E-state index is 13.1. The Kier molecular flexibility index (Phi) is 5.70. The summed E-state index contributed by atoms with van der Waals surface area (Å²) in [5, 5.41) is 0.567. The minimum atomic E-state index is -0.253. The van der Waals surface area contributed by atoms with Crippen molar-refractivity contribution in [3.05, 3.63) is 34.6 Å². The Bertz CT molecular complexity index is 421. The van der Waals surface area contributed by atoms with E-state index in [0.29, 0.717) is 15.8 Å². The molecule has 0 heterocycles. The number of benzene rings is 1. The maximum absolute atomic E-state index is 13.1. The molecule has 1 aliphatic rings. The Labute approximate surface area is 128 Å². The van der Waals surface area contributed by atoms with E-state index in [0.717, 1.165) is 17.9 Å². The third kappa shape index (κ3) is 4.19. The predicted octanol–water partition coefficient (Wildman–Crippen LogP) is 6.00. The first-order chi connectivity index (χ1) is 9.10. The van der Waals surface area contributed by atoms with E-state index in [-0.39, 0.29) is 5.82 Å². The highest BCUT2D eigenvalue weighted by molar-refractivity contribution is 9.09. The number of alkyl halides is 1. The Balaban J connectivity index is 2.03. The molecule has 0 spiro atoms. The van der Waals surface area contributed by atoms with E-state index < -0.39 is 0 Å². The SMILES string of the molecule is CCCC1CCC(Br)C(Cc2ccc(F)cc2Cl)C1. The van der Waals surface area contributed by atoms with Gasteiger partial charge in [-0.3, -0.25) is 0 Å². The monoisotopic (exact) mass is 346 g/mol. The van der Waals surface area contributed by atoms with Crippen molar-refractivity contribution in [3.8, 4) is 0 Å². The van der Waals surface area contributed by atoms with Gasteiger partial charge >= 0.3 is 0 Å². The number of hydrogen-bond acceptors (Lipinski definition) is 0. The summed E-state index contributed by atoms with van der Waals surface area (Å²) in [5.41, 5.74) is 1.08. The lowest BCUT2D eigenvalue weighted by atomic mass is 9.77. The van der Waals surface area contributed by atoms with Crippen LogP contribution in [0.2, 0.25) is 5.02 Å². The summed E-state index contributed by atoms with van der Waals surface area (Å²) < 4.78 is 13.1.